The minimum Gasteiger partial charge on any atom is -0.368 e. The minimum absolute atomic E-state index is 0.138. The van der Waals surface area contributed by atoms with Crippen LogP contribution < -0.4 is 5.73 Å². The van der Waals surface area contributed by atoms with Gasteiger partial charge in [0.25, 0.3) is 0 Å². The molecule has 3 aromatic heterocycles. The van der Waals surface area contributed by atoms with Crippen LogP contribution in [0, 0.1) is 18.8 Å². The number of primary amides is 1. The number of hydrogen-bond donors (Lipinski definition) is 1. The first-order chi connectivity index (χ1) is 16.4. The lowest BCUT2D eigenvalue weighted by atomic mass is 10.1. The molecule has 0 spiro atoms. The Morgan fingerprint density at radius 2 is 1.89 bits per heavy atom. The van der Waals surface area contributed by atoms with E-state index in [9.17, 15) is 26.4 Å². The van der Waals surface area contributed by atoms with E-state index in [0.29, 0.717) is 33.0 Å². The van der Waals surface area contributed by atoms with Gasteiger partial charge in [-0.2, -0.15) is 26.7 Å². The molecular weight excluding hydrogens is 505 g/mol. The van der Waals surface area contributed by atoms with E-state index in [4.69, 9.17) is 5.73 Å². The third kappa shape index (κ3) is 5.35. The number of nitrogens with two attached hydrogens (primary N) is 1. The summed E-state index contributed by atoms with van der Waals surface area (Å²) in [6, 6.07) is 9.14. The third-order valence-electron chi connectivity index (χ3n) is 4.66. The molecule has 13 heteroatoms. The van der Waals surface area contributed by atoms with Gasteiger partial charge in [0.15, 0.2) is 5.65 Å². The summed E-state index contributed by atoms with van der Waals surface area (Å²) < 4.78 is 68.8. The van der Waals surface area contributed by atoms with Crippen LogP contribution in [-0.4, -0.2) is 35.5 Å². The van der Waals surface area contributed by atoms with Crippen LogP contribution in [0.15, 0.2) is 52.9 Å². The molecule has 180 valence electrons. The number of amides is 1. The maximum absolute atomic E-state index is 12.9. The Balaban J connectivity index is 1.65. The lowest BCUT2D eigenvalue weighted by molar-refractivity contribution is -0.137. The van der Waals surface area contributed by atoms with Crippen molar-refractivity contribution >= 4 is 33.0 Å². The van der Waals surface area contributed by atoms with Crippen LogP contribution in [0.2, 0.25) is 0 Å². The fourth-order valence-corrected chi connectivity index (χ4v) is 5.06. The first kappa shape index (κ1) is 24.4. The number of alkyl halides is 3. The van der Waals surface area contributed by atoms with Gasteiger partial charge in [0.05, 0.1) is 27.9 Å². The topological polar surface area (TPSA) is 117 Å². The van der Waals surface area contributed by atoms with Gasteiger partial charge < -0.3 is 5.73 Å². The number of halogens is 3. The predicted molar refractivity (Wildman–Crippen MR) is 121 cm³/mol. The summed E-state index contributed by atoms with van der Waals surface area (Å²) in [5.41, 5.74) is 6.60. The zero-order valence-electron chi connectivity index (χ0n) is 17.8. The molecule has 35 heavy (non-hydrogen) atoms. The van der Waals surface area contributed by atoms with E-state index < -0.39 is 34.4 Å². The third-order valence-corrected chi connectivity index (χ3v) is 7.38. The van der Waals surface area contributed by atoms with Crippen molar-refractivity contribution in [1.82, 2.24) is 14.6 Å². The number of hydrogen-bond acceptors (Lipinski definition) is 7. The Labute approximate surface area is 201 Å². The van der Waals surface area contributed by atoms with Crippen molar-refractivity contribution in [2.45, 2.75) is 17.3 Å². The first-order valence-corrected chi connectivity index (χ1v) is 12.0. The number of nitrogens with zero attached hydrogens (tertiary/aromatic N) is 3. The van der Waals surface area contributed by atoms with E-state index in [-0.39, 0.29) is 4.21 Å². The highest BCUT2D eigenvalue weighted by Gasteiger charge is 2.30. The number of fused-ring (bicyclic) bond motifs is 1. The Morgan fingerprint density at radius 1 is 1.17 bits per heavy atom. The quantitative estimate of drug-likeness (QED) is 0.319. The van der Waals surface area contributed by atoms with Gasteiger partial charge in [-0.3, -0.25) is 8.98 Å². The first-order valence-electron chi connectivity index (χ1n) is 9.77. The molecule has 8 nitrogen and oxygen atoms in total. The van der Waals surface area contributed by atoms with E-state index in [1.807, 2.05) is 0 Å². The largest absolute Gasteiger partial charge is 0.416 e. The van der Waals surface area contributed by atoms with Gasteiger partial charge in [-0.1, -0.05) is 24.0 Å². The monoisotopic (exact) mass is 520 g/mol. The average molecular weight is 521 g/mol. The number of benzene rings is 1. The highest BCUT2D eigenvalue weighted by Crippen LogP contribution is 2.31. The Kier molecular flexibility index (Phi) is 6.37. The molecule has 0 radical (unpaired) electrons. The highest BCUT2D eigenvalue weighted by atomic mass is 32.3. The molecule has 0 unspecified atom stereocenters. The van der Waals surface area contributed by atoms with Crippen LogP contribution in [0.1, 0.15) is 21.7 Å². The van der Waals surface area contributed by atoms with E-state index >= 15 is 0 Å². The van der Waals surface area contributed by atoms with Crippen LogP contribution in [-0.2, 0) is 25.3 Å². The fourth-order valence-electron chi connectivity index (χ4n) is 3.02. The average Bonchev–Trinajstić information content (AvgIpc) is 3.44. The molecule has 0 bridgehead atoms. The molecule has 4 rings (SSSR count). The van der Waals surface area contributed by atoms with Crippen LogP contribution in [0.3, 0.4) is 0 Å². The maximum Gasteiger partial charge on any atom is 0.416 e. The van der Waals surface area contributed by atoms with Gasteiger partial charge in [-0.25, -0.2) is 9.50 Å². The van der Waals surface area contributed by atoms with Crippen LogP contribution >= 0.6 is 11.3 Å². The molecule has 0 atom stereocenters. The lowest BCUT2D eigenvalue weighted by Gasteiger charge is -2.08. The van der Waals surface area contributed by atoms with Gasteiger partial charge in [0, 0.05) is 11.3 Å². The zero-order valence-corrected chi connectivity index (χ0v) is 19.5. The van der Waals surface area contributed by atoms with Crippen LogP contribution in [0.4, 0.5) is 13.2 Å². The second-order valence-corrected chi connectivity index (χ2v) is 10.1. The highest BCUT2D eigenvalue weighted by molar-refractivity contribution is 7.89. The predicted octanol–water partition coefficient (Wildman–Crippen LogP) is 3.38. The second-order valence-electron chi connectivity index (χ2n) is 7.20. The number of carbonyl (C=O) groups is 1. The van der Waals surface area contributed by atoms with Crippen molar-refractivity contribution in [2.24, 2.45) is 5.73 Å². The standard InChI is InChI=1S/C22H15F3N4O4S2/c1-13-10-18(14-2-5-16(6-3-14)22(23,24)25)28-21-15(11-27-29(13)21)4-7-17-8-9-20(34-17)35(31,32)33-12-19(26)30/h2-3,5-6,8-11H,12H2,1H3,(H2,26,30). The van der Waals surface area contributed by atoms with Crippen LogP contribution in [0.25, 0.3) is 16.9 Å². The van der Waals surface area contributed by atoms with Gasteiger partial charge in [0.2, 0.25) is 5.91 Å². The summed E-state index contributed by atoms with van der Waals surface area (Å²) in [7, 11) is -4.14. The molecule has 0 aliphatic heterocycles. The molecule has 4 aromatic rings. The second kappa shape index (κ2) is 9.14. The van der Waals surface area contributed by atoms with Crippen LogP contribution in [0.5, 0.6) is 0 Å². The fraction of sp³-hybridized carbons (Fsp3) is 0.136. The Hall–Kier alpha value is -3.73. The van der Waals surface area contributed by atoms with Crippen molar-refractivity contribution in [3.8, 4) is 23.1 Å². The molecule has 1 aromatic carbocycles. The van der Waals surface area contributed by atoms with Crippen molar-refractivity contribution in [1.29, 1.82) is 0 Å². The molecular formula is C22H15F3N4O4S2. The van der Waals surface area contributed by atoms with Crippen molar-refractivity contribution in [3.63, 3.8) is 0 Å². The normalized spacial score (nSPS) is 11.9. The van der Waals surface area contributed by atoms with Gasteiger partial charge in [-0.05, 0) is 37.3 Å². The summed E-state index contributed by atoms with van der Waals surface area (Å²) in [5, 5.41) is 4.24. The summed E-state index contributed by atoms with van der Waals surface area (Å²) in [4.78, 5) is 15.7. The molecule has 1 amide bonds. The number of aromatic nitrogens is 3. The lowest BCUT2D eigenvalue weighted by Crippen LogP contribution is -2.20. The van der Waals surface area contributed by atoms with Crippen molar-refractivity contribution < 1.29 is 30.6 Å². The molecule has 0 aliphatic rings. The van der Waals surface area contributed by atoms with Crippen molar-refractivity contribution in [2.75, 3.05) is 6.61 Å². The Bertz CT molecular complexity index is 1600. The number of carbonyl (C=O) groups excluding carboxylic acids is 1. The number of rotatable bonds is 5. The molecule has 0 saturated carbocycles. The SMILES string of the molecule is Cc1cc(-c2ccc(C(F)(F)F)cc2)nc2c(C#Cc3ccc(S(=O)(=O)OCC(N)=O)s3)cnn12. The molecule has 3 heterocycles. The molecule has 0 fully saturated rings. The Morgan fingerprint density at radius 3 is 2.54 bits per heavy atom. The summed E-state index contributed by atoms with van der Waals surface area (Å²) in [6.07, 6.45) is -2.95. The van der Waals surface area contributed by atoms with Gasteiger partial charge >= 0.3 is 16.3 Å². The van der Waals surface area contributed by atoms with Crippen molar-refractivity contribution in [3.05, 3.63) is 70.4 Å². The number of aryl methyl sites for hydroxylation is 1. The van der Waals surface area contributed by atoms with E-state index in [1.165, 1.54) is 30.5 Å². The molecule has 0 aliphatic carbocycles. The van der Waals surface area contributed by atoms with Gasteiger partial charge in [-0.15, -0.1) is 11.3 Å². The summed E-state index contributed by atoms with van der Waals surface area (Å²) >= 11 is 0.847. The minimum atomic E-state index is -4.44. The van der Waals surface area contributed by atoms with E-state index in [0.717, 1.165) is 23.5 Å². The molecule has 0 saturated heterocycles. The summed E-state index contributed by atoms with van der Waals surface area (Å²) in [6.45, 7) is 1.00. The molecule has 2 N–H and O–H groups in total. The van der Waals surface area contributed by atoms with Gasteiger partial charge in [0.1, 0.15) is 10.8 Å². The maximum atomic E-state index is 12.9. The zero-order chi connectivity index (χ0) is 25.4. The van der Waals surface area contributed by atoms with E-state index in [2.05, 4.69) is 26.1 Å². The smallest absolute Gasteiger partial charge is 0.368 e. The van der Waals surface area contributed by atoms with E-state index in [1.54, 1.807) is 17.5 Å². The summed E-state index contributed by atoms with van der Waals surface area (Å²) in [5.74, 6) is 4.81. The number of thiophene rings is 1.